The monoisotopic (exact) mass is 322 g/mol. The summed E-state index contributed by atoms with van der Waals surface area (Å²) in [6, 6.07) is 1.86. The second-order valence-electron chi connectivity index (χ2n) is 5.63. The van der Waals surface area contributed by atoms with Gasteiger partial charge in [0.1, 0.15) is 0 Å². The van der Waals surface area contributed by atoms with Crippen LogP contribution in [0.5, 0.6) is 0 Å². The zero-order valence-corrected chi connectivity index (χ0v) is 14.1. The van der Waals surface area contributed by atoms with Crippen molar-refractivity contribution in [3.05, 3.63) is 17.5 Å². The Morgan fingerprint density at radius 3 is 2.68 bits per heavy atom. The molecule has 1 fully saturated rings. The minimum absolute atomic E-state index is 0.0460. The van der Waals surface area contributed by atoms with Crippen molar-refractivity contribution < 1.29 is 9.59 Å². The van der Waals surface area contributed by atoms with E-state index in [2.05, 4.69) is 15.3 Å². The molecule has 1 aromatic rings. The molecule has 1 aliphatic heterocycles. The molecule has 0 spiro atoms. The first-order valence-corrected chi connectivity index (χ1v) is 8.45. The van der Waals surface area contributed by atoms with Crippen molar-refractivity contribution >= 4 is 23.6 Å². The minimum Gasteiger partial charge on any atom is -0.351 e. The normalized spacial score (nSPS) is 16.0. The maximum atomic E-state index is 12.0. The fourth-order valence-electron chi connectivity index (χ4n) is 2.48. The zero-order chi connectivity index (χ0) is 16.1. The van der Waals surface area contributed by atoms with E-state index in [1.54, 1.807) is 0 Å². The Morgan fingerprint density at radius 2 is 2.09 bits per heavy atom. The van der Waals surface area contributed by atoms with E-state index in [-0.39, 0.29) is 23.6 Å². The molecule has 1 aromatic heterocycles. The Kier molecular flexibility index (Phi) is 5.76. The van der Waals surface area contributed by atoms with Crippen molar-refractivity contribution in [2.75, 3.05) is 18.8 Å². The molecule has 1 atom stereocenters. The molecule has 6 nitrogen and oxygen atoms in total. The molecule has 7 heteroatoms. The maximum absolute atomic E-state index is 12.0. The topological polar surface area (TPSA) is 75.2 Å². The van der Waals surface area contributed by atoms with Gasteiger partial charge >= 0.3 is 0 Å². The molecule has 2 heterocycles. The number of likely N-dealkylation sites (tertiary alicyclic amines) is 1. The minimum atomic E-state index is -0.0631. The van der Waals surface area contributed by atoms with Crippen LogP contribution in [-0.2, 0) is 9.59 Å². The second kappa shape index (κ2) is 7.58. The van der Waals surface area contributed by atoms with Crippen LogP contribution in [0.2, 0.25) is 0 Å². The van der Waals surface area contributed by atoms with Gasteiger partial charge in [0.25, 0.3) is 0 Å². The highest BCUT2D eigenvalue weighted by Gasteiger charge is 2.22. The van der Waals surface area contributed by atoms with Gasteiger partial charge in [0, 0.05) is 36.9 Å². The summed E-state index contributed by atoms with van der Waals surface area (Å²) in [5.41, 5.74) is 1.80. The van der Waals surface area contributed by atoms with Gasteiger partial charge in [-0.1, -0.05) is 11.8 Å². The Morgan fingerprint density at radius 1 is 1.41 bits per heavy atom. The number of carbonyl (C=O) groups is 2. The molecule has 1 N–H and O–H groups in total. The number of nitrogens with one attached hydrogen (secondary N) is 1. The molecule has 1 saturated heterocycles. The van der Waals surface area contributed by atoms with Gasteiger partial charge in [-0.05, 0) is 33.3 Å². The van der Waals surface area contributed by atoms with E-state index < -0.39 is 0 Å². The highest BCUT2D eigenvalue weighted by atomic mass is 32.2. The number of thioether (sulfide) groups is 1. The lowest BCUT2D eigenvalue weighted by Gasteiger charge is -2.21. The Balaban J connectivity index is 1.76. The molecule has 22 heavy (non-hydrogen) atoms. The maximum Gasteiger partial charge on any atom is 0.230 e. The molecule has 120 valence electrons. The van der Waals surface area contributed by atoms with Crippen LogP contribution in [0, 0.1) is 13.8 Å². The quantitative estimate of drug-likeness (QED) is 0.631. The van der Waals surface area contributed by atoms with Crippen molar-refractivity contribution in [1.29, 1.82) is 0 Å². The molecule has 1 unspecified atom stereocenters. The summed E-state index contributed by atoms with van der Waals surface area (Å²) < 4.78 is 0. The third-order valence-electron chi connectivity index (χ3n) is 3.37. The van der Waals surface area contributed by atoms with Crippen molar-refractivity contribution in [3.63, 3.8) is 0 Å². The molecular formula is C15H22N4O2S. The number of hydrogen-bond donors (Lipinski definition) is 1. The van der Waals surface area contributed by atoms with Crippen molar-refractivity contribution in [1.82, 2.24) is 20.2 Å². The summed E-state index contributed by atoms with van der Waals surface area (Å²) in [6.07, 6.45) is 1.54. The molecule has 0 radical (unpaired) electrons. The predicted octanol–water partition coefficient (Wildman–Crippen LogP) is 1.31. The fraction of sp³-hybridized carbons (Fsp3) is 0.600. The van der Waals surface area contributed by atoms with E-state index in [4.69, 9.17) is 0 Å². The molecule has 2 rings (SSSR count). The van der Waals surface area contributed by atoms with Crippen LogP contribution in [0.25, 0.3) is 0 Å². The Labute approximate surface area is 135 Å². The van der Waals surface area contributed by atoms with Gasteiger partial charge in [-0.25, -0.2) is 9.97 Å². The number of rotatable bonds is 6. The van der Waals surface area contributed by atoms with E-state index >= 15 is 0 Å². The number of nitrogens with zero attached hydrogens (tertiary/aromatic N) is 3. The molecular weight excluding hydrogens is 300 g/mol. The molecule has 0 aliphatic carbocycles. The Bertz CT molecular complexity index is 544. The highest BCUT2D eigenvalue weighted by molar-refractivity contribution is 7.99. The fourth-order valence-corrected chi connectivity index (χ4v) is 3.24. The number of aromatic nitrogens is 2. The standard InChI is InChI=1S/C15H22N4O2S/c1-10-7-11(2)18-15(17-10)22-9-13(20)16-12(3)8-19-6-4-5-14(19)21/h7,12H,4-6,8-9H2,1-3H3,(H,16,20). The summed E-state index contributed by atoms with van der Waals surface area (Å²) in [5, 5.41) is 3.54. The van der Waals surface area contributed by atoms with Crippen LogP contribution in [0.1, 0.15) is 31.2 Å². The smallest absolute Gasteiger partial charge is 0.230 e. The molecule has 0 aromatic carbocycles. The first-order valence-electron chi connectivity index (χ1n) is 7.46. The molecule has 1 aliphatic rings. The van der Waals surface area contributed by atoms with Gasteiger partial charge in [0.15, 0.2) is 5.16 Å². The summed E-state index contributed by atoms with van der Waals surface area (Å²) in [5.74, 6) is 0.396. The van der Waals surface area contributed by atoms with E-state index in [0.29, 0.717) is 18.1 Å². The van der Waals surface area contributed by atoms with Gasteiger partial charge in [0.2, 0.25) is 11.8 Å². The largest absolute Gasteiger partial charge is 0.351 e. The number of amides is 2. The number of carbonyl (C=O) groups excluding carboxylic acids is 2. The first kappa shape index (κ1) is 16.7. The molecule has 0 bridgehead atoms. The Hall–Kier alpha value is -1.63. The number of aryl methyl sites for hydroxylation is 2. The van der Waals surface area contributed by atoms with Crippen molar-refractivity contribution in [3.8, 4) is 0 Å². The lowest BCUT2D eigenvalue weighted by atomic mass is 10.3. The summed E-state index contributed by atoms with van der Waals surface area (Å²) >= 11 is 1.33. The van der Waals surface area contributed by atoms with E-state index in [1.165, 1.54) is 11.8 Å². The average Bonchev–Trinajstić information content (AvgIpc) is 2.81. The third-order valence-corrected chi connectivity index (χ3v) is 4.21. The van der Waals surface area contributed by atoms with Gasteiger partial charge in [-0.3, -0.25) is 9.59 Å². The van der Waals surface area contributed by atoms with Gasteiger partial charge in [-0.15, -0.1) is 0 Å². The highest BCUT2D eigenvalue weighted by Crippen LogP contribution is 2.14. The first-order chi connectivity index (χ1) is 10.4. The van der Waals surface area contributed by atoms with E-state index in [1.807, 2.05) is 31.7 Å². The van der Waals surface area contributed by atoms with Gasteiger partial charge in [0.05, 0.1) is 5.75 Å². The third kappa shape index (κ3) is 4.98. The van der Waals surface area contributed by atoms with Gasteiger partial charge in [-0.2, -0.15) is 0 Å². The zero-order valence-electron chi connectivity index (χ0n) is 13.3. The predicted molar refractivity (Wildman–Crippen MR) is 85.6 cm³/mol. The van der Waals surface area contributed by atoms with Crippen LogP contribution >= 0.6 is 11.8 Å². The van der Waals surface area contributed by atoms with Crippen LogP contribution < -0.4 is 5.32 Å². The summed E-state index contributed by atoms with van der Waals surface area (Å²) in [4.78, 5) is 33.9. The van der Waals surface area contributed by atoms with Crippen molar-refractivity contribution in [2.45, 2.75) is 44.8 Å². The molecule has 2 amide bonds. The molecule has 0 saturated carbocycles. The van der Waals surface area contributed by atoms with Crippen LogP contribution in [0.4, 0.5) is 0 Å². The second-order valence-corrected chi connectivity index (χ2v) is 6.58. The lowest BCUT2D eigenvalue weighted by Crippen LogP contribution is -2.43. The lowest BCUT2D eigenvalue weighted by molar-refractivity contribution is -0.128. The summed E-state index contributed by atoms with van der Waals surface area (Å²) in [6.45, 7) is 7.11. The average molecular weight is 322 g/mol. The number of hydrogen-bond acceptors (Lipinski definition) is 5. The SMILES string of the molecule is Cc1cc(C)nc(SCC(=O)NC(C)CN2CCCC2=O)n1. The van der Waals surface area contributed by atoms with Crippen LogP contribution in [0.3, 0.4) is 0 Å². The van der Waals surface area contributed by atoms with E-state index in [9.17, 15) is 9.59 Å². The summed E-state index contributed by atoms with van der Waals surface area (Å²) in [7, 11) is 0. The van der Waals surface area contributed by atoms with Crippen LogP contribution in [-0.4, -0.2) is 51.6 Å². The van der Waals surface area contributed by atoms with Crippen LogP contribution in [0.15, 0.2) is 11.2 Å². The van der Waals surface area contributed by atoms with Gasteiger partial charge < -0.3 is 10.2 Å². The van der Waals surface area contributed by atoms with Crippen molar-refractivity contribution in [2.24, 2.45) is 0 Å². The van der Waals surface area contributed by atoms with E-state index in [0.717, 1.165) is 24.4 Å².